The highest BCUT2D eigenvalue weighted by molar-refractivity contribution is 7.99. The van der Waals surface area contributed by atoms with E-state index in [0.717, 1.165) is 16.7 Å². The number of amides is 1. The normalized spacial score (nSPS) is 12.0. The molecule has 0 aromatic heterocycles. The molecule has 0 radical (unpaired) electrons. The predicted octanol–water partition coefficient (Wildman–Crippen LogP) is 3.42. The molecule has 1 atom stereocenters. The fourth-order valence-corrected chi connectivity index (χ4v) is 2.89. The van der Waals surface area contributed by atoms with Gasteiger partial charge in [-0.2, -0.15) is 11.8 Å². The standard InChI is InChI=1S/C19H23NO2S/c1-15-7-6-10-17(11-15)18(21)13-20(19(22)14-23-2)12-16-8-4-3-5-9-16/h3-11,18,21H,12-14H2,1-2H3/t18-/m1/s1. The zero-order valence-electron chi connectivity index (χ0n) is 13.6. The molecule has 4 heteroatoms. The number of benzene rings is 2. The third kappa shape index (κ3) is 5.41. The first-order chi connectivity index (χ1) is 11.1. The maximum Gasteiger partial charge on any atom is 0.232 e. The molecule has 0 heterocycles. The summed E-state index contributed by atoms with van der Waals surface area (Å²) in [6, 6.07) is 17.7. The lowest BCUT2D eigenvalue weighted by molar-refractivity contribution is -0.130. The fourth-order valence-electron chi connectivity index (χ4n) is 2.46. The van der Waals surface area contributed by atoms with Crippen molar-refractivity contribution in [2.45, 2.75) is 19.6 Å². The van der Waals surface area contributed by atoms with Gasteiger partial charge in [0.15, 0.2) is 0 Å². The molecule has 0 saturated heterocycles. The molecule has 0 unspecified atom stereocenters. The van der Waals surface area contributed by atoms with E-state index in [-0.39, 0.29) is 5.91 Å². The Morgan fingerprint density at radius 3 is 2.57 bits per heavy atom. The van der Waals surface area contributed by atoms with E-state index in [1.807, 2.05) is 67.8 Å². The number of rotatable bonds is 7. The van der Waals surface area contributed by atoms with Gasteiger partial charge in [-0.25, -0.2) is 0 Å². The van der Waals surface area contributed by atoms with Crippen LogP contribution in [0.3, 0.4) is 0 Å². The summed E-state index contributed by atoms with van der Waals surface area (Å²) in [5, 5.41) is 10.5. The molecule has 0 fully saturated rings. The van der Waals surface area contributed by atoms with Gasteiger partial charge in [-0.3, -0.25) is 4.79 Å². The van der Waals surface area contributed by atoms with Gasteiger partial charge in [0.1, 0.15) is 0 Å². The third-order valence-corrected chi connectivity index (χ3v) is 4.19. The van der Waals surface area contributed by atoms with Gasteiger partial charge in [-0.15, -0.1) is 0 Å². The lowest BCUT2D eigenvalue weighted by Crippen LogP contribution is -2.35. The van der Waals surface area contributed by atoms with Gasteiger partial charge in [0.2, 0.25) is 5.91 Å². The number of nitrogens with zero attached hydrogens (tertiary/aromatic N) is 1. The zero-order valence-corrected chi connectivity index (χ0v) is 14.4. The Morgan fingerprint density at radius 1 is 1.17 bits per heavy atom. The maximum absolute atomic E-state index is 12.4. The summed E-state index contributed by atoms with van der Waals surface area (Å²) in [7, 11) is 0. The number of aliphatic hydroxyl groups is 1. The van der Waals surface area contributed by atoms with Gasteiger partial charge in [-0.05, 0) is 24.3 Å². The Morgan fingerprint density at radius 2 is 1.91 bits per heavy atom. The van der Waals surface area contributed by atoms with Crippen LogP contribution in [0.2, 0.25) is 0 Å². The van der Waals surface area contributed by atoms with E-state index in [9.17, 15) is 9.90 Å². The second-order valence-electron chi connectivity index (χ2n) is 5.62. The van der Waals surface area contributed by atoms with Crippen molar-refractivity contribution in [2.75, 3.05) is 18.6 Å². The molecule has 0 aliphatic heterocycles. The number of hydrogen-bond acceptors (Lipinski definition) is 3. The monoisotopic (exact) mass is 329 g/mol. The first-order valence-corrected chi connectivity index (χ1v) is 9.05. The highest BCUT2D eigenvalue weighted by Crippen LogP contribution is 2.18. The summed E-state index contributed by atoms with van der Waals surface area (Å²) >= 11 is 1.50. The predicted molar refractivity (Wildman–Crippen MR) is 96.4 cm³/mol. The average Bonchev–Trinajstić information content (AvgIpc) is 2.55. The second kappa shape index (κ2) is 8.75. The van der Waals surface area contributed by atoms with Crippen molar-refractivity contribution in [3.05, 3.63) is 71.3 Å². The first-order valence-electron chi connectivity index (χ1n) is 7.65. The fraction of sp³-hybridized carbons (Fsp3) is 0.316. The molecule has 2 aromatic rings. The van der Waals surface area contributed by atoms with E-state index >= 15 is 0 Å². The Hall–Kier alpha value is -1.78. The van der Waals surface area contributed by atoms with Crippen LogP contribution in [0.15, 0.2) is 54.6 Å². The van der Waals surface area contributed by atoms with Crippen LogP contribution in [0.1, 0.15) is 22.8 Å². The summed E-state index contributed by atoms with van der Waals surface area (Å²) in [5.41, 5.74) is 3.02. The maximum atomic E-state index is 12.4. The molecule has 1 amide bonds. The van der Waals surface area contributed by atoms with Gasteiger partial charge in [0.25, 0.3) is 0 Å². The number of carbonyl (C=O) groups excluding carboxylic acids is 1. The van der Waals surface area contributed by atoms with E-state index in [1.165, 1.54) is 11.8 Å². The SMILES string of the molecule is CSCC(=O)N(Cc1ccccc1)C[C@@H](O)c1cccc(C)c1. The van der Waals surface area contributed by atoms with E-state index in [1.54, 1.807) is 4.90 Å². The molecule has 0 bridgehead atoms. The summed E-state index contributed by atoms with van der Waals surface area (Å²) in [6.07, 6.45) is 1.24. The van der Waals surface area contributed by atoms with Gasteiger partial charge < -0.3 is 10.0 Å². The van der Waals surface area contributed by atoms with Crippen molar-refractivity contribution in [2.24, 2.45) is 0 Å². The van der Waals surface area contributed by atoms with Crippen molar-refractivity contribution < 1.29 is 9.90 Å². The highest BCUT2D eigenvalue weighted by atomic mass is 32.2. The number of carbonyl (C=O) groups is 1. The summed E-state index contributed by atoms with van der Waals surface area (Å²) in [4.78, 5) is 14.1. The smallest absolute Gasteiger partial charge is 0.232 e. The summed E-state index contributed by atoms with van der Waals surface area (Å²) in [6.45, 7) is 2.82. The lowest BCUT2D eigenvalue weighted by atomic mass is 10.1. The minimum atomic E-state index is -0.676. The van der Waals surface area contributed by atoms with Crippen LogP contribution < -0.4 is 0 Å². The minimum absolute atomic E-state index is 0.0491. The van der Waals surface area contributed by atoms with Crippen molar-refractivity contribution in [3.8, 4) is 0 Å². The summed E-state index contributed by atoms with van der Waals surface area (Å²) in [5.74, 6) is 0.473. The Balaban J connectivity index is 2.12. The van der Waals surface area contributed by atoms with Crippen LogP contribution in [0.5, 0.6) is 0 Å². The van der Waals surface area contributed by atoms with Crippen LogP contribution >= 0.6 is 11.8 Å². The van der Waals surface area contributed by atoms with Gasteiger partial charge in [0, 0.05) is 6.54 Å². The number of hydrogen-bond donors (Lipinski definition) is 1. The van der Waals surface area contributed by atoms with Crippen LogP contribution in [0.25, 0.3) is 0 Å². The quantitative estimate of drug-likeness (QED) is 0.846. The molecule has 2 aromatic carbocycles. The van der Waals surface area contributed by atoms with Crippen molar-refractivity contribution in [3.63, 3.8) is 0 Å². The lowest BCUT2D eigenvalue weighted by Gasteiger charge is -2.25. The number of aryl methyl sites for hydroxylation is 1. The molecule has 0 saturated carbocycles. The Kier molecular flexibility index (Phi) is 6.68. The Labute approximate surface area is 142 Å². The van der Waals surface area contributed by atoms with Gasteiger partial charge >= 0.3 is 0 Å². The topological polar surface area (TPSA) is 40.5 Å². The molecule has 0 aliphatic carbocycles. The molecule has 1 N–H and O–H groups in total. The minimum Gasteiger partial charge on any atom is -0.387 e. The van der Waals surface area contributed by atoms with Gasteiger partial charge in [0.05, 0.1) is 18.4 Å². The van der Waals surface area contributed by atoms with Gasteiger partial charge in [-0.1, -0.05) is 60.2 Å². The van der Waals surface area contributed by atoms with Crippen molar-refractivity contribution in [1.82, 2.24) is 4.90 Å². The average molecular weight is 329 g/mol. The van der Waals surface area contributed by atoms with Crippen LogP contribution in [-0.2, 0) is 11.3 Å². The highest BCUT2D eigenvalue weighted by Gasteiger charge is 2.18. The number of aliphatic hydroxyl groups excluding tert-OH is 1. The third-order valence-electron chi connectivity index (χ3n) is 3.66. The molecule has 0 aliphatic rings. The van der Waals surface area contributed by atoms with Crippen molar-refractivity contribution >= 4 is 17.7 Å². The van der Waals surface area contributed by atoms with Crippen LogP contribution in [-0.4, -0.2) is 34.5 Å². The van der Waals surface area contributed by atoms with E-state index < -0.39 is 6.10 Å². The van der Waals surface area contributed by atoms with E-state index in [4.69, 9.17) is 0 Å². The molecule has 2 rings (SSSR count). The van der Waals surface area contributed by atoms with Crippen molar-refractivity contribution in [1.29, 1.82) is 0 Å². The molecule has 122 valence electrons. The molecule has 3 nitrogen and oxygen atoms in total. The summed E-state index contributed by atoms with van der Waals surface area (Å²) < 4.78 is 0. The Bertz CT molecular complexity index is 630. The van der Waals surface area contributed by atoms with Crippen LogP contribution in [0.4, 0.5) is 0 Å². The first kappa shape index (κ1) is 17.6. The number of thioether (sulfide) groups is 1. The molecular formula is C19H23NO2S. The van der Waals surface area contributed by atoms with E-state index in [2.05, 4.69) is 0 Å². The zero-order chi connectivity index (χ0) is 16.7. The van der Waals surface area contributed by atoms with Crippen LogP contribution in [0, 0.1) is 6.92 Å². The molecule has 0 spiro atoms. The van der Waals surface area contributed by atoms with E-state index in [0.29, 0.717) is 18.8 Å². The molecule has 23 heavy (non-hydrogen) atoms. The second-order valence-corrected chi connectivity index (χ2v) is 6.49. The molecular weight excluding hydrogens is 306 g/mol. The largest absolute Gasteiger partial charge is 0.387 e.